The van der Waals surface area contributed by atoms with Crippen molar-refractivity contribution in [3.05, 3.63) is 0 Å². The number of hydrogen-bond acceptors (Lipinski definition) is 22. The first-order valence-electron chi connectivity index (χ1n) is 26.6. The van der Waals surface area contributed by atoms with Crippen LogP contribution in [0.4, 0.5) is 0 Å². The molecule has 6 N–H and O–H groups in total. The zero-order valence-corrected chi connectivity index (χ0v) is 44.4. The van der Waals surface area contributed by atoms with E-state index in [1.807, 2.05) is 0 Å². The standard InChI is InChI=1S/C49H66N10O22/c60-32(10-22-44(72)78-56-36(64)14-15-37(56)65)50-26-6-2-8-30(54-34(62)12-24-46(74)80-58-40(68)18-19-41(58)69)48(76)52-28-4-1-5-29-53-49(77)31(55-35(63)13-25-47(75)81-59-42(70)20-21-43(59)71)9-3-7-27-51-33(61)11-23-45(73)79-57-38(66)16-17-39(57)67/h30-31H,1-29H2,(H,50,60)(H,51,61)(H,52,76)(H,53,77)(H,54,62)(H,55,63). The van der Waals surface area contributed by atoms with Crippen molar-refractivity contribution >= 4 is 107 Å². The van der Waals surface area contributed by atoms with E-state index in [9.17, 15) is 86.3 Å². The van der Waals surface area contributed by atoms with E-state index in [2.05, 4.69) is 31.9 Å². The van der Waals surface area contributed by atoms with Gasteiger partial charge in [-0.3, -0.25) is 67.1 Å². The van der Waals surface area contributed by atoms with Gasteiger partial charge in [0.1, 0.15) is 12.1 Å². The normalized spacial score (nSPS) is 15.8. The Morgan fingerprint density at radius 1 is 0.309 bits per heavy atom. The molecule has 0 aliphatic carbocycles. The Kier molecular flexibility index (Phi) is 26.9. The van der Waals surface area contributed by atoms with Crippen molar-refractivity contribution in [3.63, 3.8) is 0 Å². The predicted molar refractivity (Wildman–Crippen MR) is 263 cm³/mol. The second-order valence-electron chi connectivity index (χ2n) is 18.8. The smallest absolute Gasteiger partial charge is 0.333 e. The molecule has 0 spiro atoms. The lowest BCUT2D eigenvalue weighted by Crippen LogP contribution is -2.47. The summed E-state index contributed by atoms with van der Waals surface area (Å²) in [5.41, 5.74) is 0. The zero-order valence-electron chi connectivity index (χ0n) is 44.4. The second kappa shape index (κ2) is 33.6. The quantitative estimate of drug-likeness (QED) is 0.0278. The van der Waals surface area contributed by atoms with Gasteiger partial charge >= 0.3 is 23.9 Å². The molecule has 4 rings (SSSR count). The molecule has 0 aromatic carbocycles. The van der Waals surface area contributed by atoms with Gasteiger partial charge in [0.15, 0.2) is 0 Å². The van der Waals surface area contributed by atoms with E-state index < -0.39 is 157 Å². The number of carbonyl (C=O) groups is 18. The number of rotatable bonds is 36. The minimum absolute atomic E-state index is 0.0642. The minimum atomic E-state index is -1.12. The summed E-state index contributed by atoms with van der Waals surface area (Å²) in [6, 6.07) is -2.25. The van der Waals surface area contributed by atoms with Crippen LogP contribution in [0.2, 0.25) is 0 Å². The summed E-state index contributed by atoms with van der Waals surface area (Å²) >= 11 is 0. The monoisotopic (exact) mass is 1150 g/mol. The van der Waals surface area contributed by atoms with Crippen LogP contribution in [0.3, 0.4) is 0 Å². The number of nitrogens with one attached hydrogen (secondary N) is 6. The summed E-state index contributed by atoms with van der Waals surface area (Å²) in [5, 5.41) is 17.1. The van der Waals surface area contributed by atoms with Crippen LogP contribution in [0.1, 0.15) is 161 Å². The van der Waals surface area contributed by atoms with Crippen LogP contribution in [-0.4, -0.2) is 165 Å². The summed E-state index contributed by atoms with van der Waals surface area (Å²) in [6.45, 7) is 0.438. The highest BCUT2D eigenvalue weighted by Crippen LogP contribution is 2.17. The Hall–Kier alpha value is -8.74. The summed E-state index contributed by atoms with van der Waals surface area (Å²) in [6.07, 6.45) is -1.80. The van der Waals surface area contributed by atoms with Crippen molar-refractivity contribution in [1.82, 2.24) is 52.2 Å². The molecule has 32 nitrogen and oxygen atoms in total. The molecule has 0 aromatic rings. The lowest BCUT2D eigenvalue weighted by atomic mass is 10.1. The van der Waals surface area contributed by atoms with Crippen molar-refractivity contribution in [2.24, 2.45) is 0 Å². The maximum Gasteiger partial charge on any atom is 0.333 e. The van der Waals surface area contributed by atoms with Crippen molar-refractivity contribution in [2.75, 3.05) is 26.2 Å². The fourth-order valence-electron chi connectivity index (χ4n) is 7.83. The molecular weight excluding hydrogens is 1080 g/mol. The minimum Gasteiger partial charge on any atom is -0.356 e. The summed E-state index contributed by atoms with van der Waals surface area (Å²) in [5.74, 6) is -13.2. The average molecular weight is 1150 g/mol. The molecule has 4 aliphatic heterocycles. The molecule has 2 unspecified atom stereocenters. The maximum atomic E-state index is 13.4. The molecule has 0 bridgehead atoms. The Morgan fingerprint density at radius 2 is 0.543 bits per heavy atom. The SMILES string of the molecule is O=C(CCC(=O)ON1C(=O)CCC1=O)NCCCCC(NC(=O)CCC(=O)ON1C(=O)CCC1=O)C(=O)NCCCCCNC(=O)C(CCCCNC(=O)CCC(=O)ON1C(=O)CCC1=O)NC(=O)CCC(=O)ON1C(=O)CCC1=O. The van der Waals surface area contributed by atoms with Gasteiger partial charge in [-0.2, -0.15) is 0 Å². The average Bonchev–Trinajstić information content (AvgIpc) is 4.14. The van der Waals surface area contributed by atoms with Gasteiger partial charge in [-0.05, 0) is 57.8 Å². The number of carbonyl (C=O) groups excluding carboxylic acids is 18. The highest BCUT2D eigenvalue weighted by molar-refractivity contribution is 6.04. The van der Waals surface area contributed by atoms with Crippen molar-refractivity contribution < 1.29 is 106 Å². The molecule has 4 fully saturated rings. The van der Waals surface area contributed by atoms with Gasteiger partial charge < -0.3 is 51.3 Å². The van der Waals surface area contributed by atoms with Gasteiger partial charge in [0.25, 0.3) is 47.3 Å². The Balaban J connectivity index is 1.20. The van der Waals surface area contributed by atoms with Crippen LogP contribution >= 0.6 is 0 Å². The number of amides is 14. The van der Waals surface area contributed by atoms with Crippen molar-refractivity contribution in [2.45, 2.75) is 173 Å². The maximum absolute atomic E-state index is 13.4. The van der Waals surface area contributed by atoms with Gasteiger partial charge in [-0.15, -0.1) is 20.3 Å². The molecule has 32 heteroatoms. The van der Waals surface area contributed by atoms with Gasteiger partial charge in [-0.25, -0.2) is 19.2 Å². The first kappa shape index (κ1) is 64.8. The number of hydrogen-bond donors (Lipinski definition) is 6. The van der Waals surface area contributed by atoms with E-state index in [0.29, 0.717) is 52.4 Å². The predicted octanol–water partition coefficient (Wildman–Crippen LogP) is -2.52. The van der Waals surface area contributed by atoms with Crippen LogP contribution in [0.15, 0.2) is 0 Å². The number of hydroxylamine groups is 8. The highest BCUT2D eigenvalue weighted by Gasteiger charge is 2.36. The number of unbranched alkanes of at least 4 members (excludes halogenated alkanes) is 4. The second-order valence-corrected chi connectivity index (χ2v) is 18.8. The molecule has 444 valence electrons. The van der Waals surface area contributed by atoms with Crippen LogP contribution in [0.5, 0.6) is 0 Å². The van der Waals surface area contributed by atoms with E-state index in [4.69, 9.17) is 19.4 Å². The molecule has 14 amide bonds. The molecule has 4 aliphatic rings. The molecule has 2 atom stereocenters. The molecule has 4 saturated heterocycles. The van der Waals surface area contributed by atoms with E-state index in [-0.39, 0.29) is 116 Å². The third kappa shape index (κ3) is 23.2. The van der Waals surface area contributed by atoms with Crippen LogP contribution in [0, 0.1) is 0 Å². The van der Waals surface area contributed by atoms with Gasteiger partial charge in [0, 0.05) is 103 Å². The molecular formula is C49H66N10O22. The largest absolute Gasteiger partial charge is 0.356 e. The first-order valence-corrected chi connectivity index (χ1v) is 26.6. The van der Waals surface area contributed by atoms with E-state index in [1.54, 1.807) is 0 Å². The number of imide groups is 4. The van der Waals surface area contributed by atoms with Crippen LogP contribution < -0.4 is 31.9 Å². The first-order chi connectivity index (χ1) is 38.6. The summed E-state index contributed by atoms with van der Waals surface area (Å²) in [4.78, 5) is 239. The molecule has 4 heterocycles. The van der Waals surface area contributed by atoms with Crippen molar-refractivity contribution in [3.8, 4) is 0 Å². The lowest BCUT2D eigenvalue weighted by Gasteiger charge is -2.19. The van der Waals surface area contributed by atoms with E-state index in [0.717, 1.165) is 0 Å². The van der Waals surface area contributed by atoms with Crippen LogP contribution in [0.25, 0.3) is 0 Å². The fraction of sp³-hybridized carbons (Fsp3) is 0.633. The Labute approximate surface area is 462 Å². The van der Waals surface area contributed by atoms with Gasteiger partial charge in [0.05, 0.1) is 25.7 Å². The number of nitrogens with zero attached hydrogens (tertiary/aromatic N) is 4. The molecule has 81 heavy (non-hydrogen) atoms. The van der Waals surface area contributed by atoms with Crippen molar-refractivity contribution in [1.29, 1.82) is 0 Å². The Morgan fingerprint density at radius 3 is 0.815 bits per heavy atom. The summed E-state index contributed by atoms with van der Waals surface area (Å²) in [7, 11) is 0. The zero-order chi connectivity index (χ0) is 59.4. The lowest BCUT2D eigenvalue weighted by molar-refractivity contribution is -0.197. The Bertz CT molecular complexity index is 2240. The molecule has 0 radical (unpaired) electrons. The summed E-state index contributed by atoms with van der Waals surface area (Å²) < 4.78 is 0. The van der Waals surface area contributed by atoms with Crippen LogP contribution in [-0.2, 0) is 106 Å². The van der Waals surface area contributed by atoms with Gasteiger partial charge in [0.2, 0.25) is 35.4 Å². The highest BCUT2D eigenvalue weighted by atomic mass is 16.7. The topological polar surface area (TPSA) is 429 Å². The third-order valence-electron chi connectivity index (χ3n) is 12.3. The third-order valence-corrected chi connectivity index (χ3v) is 12.3. The van der Waals surface area contributed by atoms with E-state index in [1.165, 1.54) is 0 Å². The molecule has 0 aromatic heterocycles. The van der Waals surface area contributed by atoms with Gasteiger partial charge in [-0.1, -0.05) is 0 Å². The van der Waals surface area contributed by atoms with E-state index >= 15 is 0 Å². The molecule has 0 saturated carbocycles. The fourth-order valence-corrected chi connectivity index (χ4v) is 7.83.